The van der Waals surface area contributed by atoms with Crippen LogP contribution >= 0.6 is 0 Å². The van der Waals surface area contributed by atoms with Crippen LogP contribution in [0.4, 0.5) is 0 Å². The van der Waals surface area contributed by atoms with Gasteiger partial charge < -0.3 is 44.5 Å². The zero-order valence-electron chi connectivity index (χ0n) is 41.2. The number of ketones is 2. The molecule has 6 unspecified atom stereocenters. The van der Waals surface area contributed by atoms with Crippen LogP contribution in [0.15, 0.2) is 130 Å². The first kappa shape index (κ1) is 58.5. The Bertz CT molecular complexity index is 2180. The zero-order chi connectivity index (χ0) is 51.4. The number of carbonyl (C=O) groups excluding carboxylic acids is 6. The molecule has 0 aliphatic heterocycles. The molecular weight excluding hydrogens is 873 g/mol. The van der Waals surface area contributed by atoms with Gasteiger partial charge in [0.2, 0.25) is 0 Å². The lowest BCUT2D eigenvalue weighted by atomic mass is 9.71. The number of aliphatic hydroxyl groups is 5. The van der Waals surface area contributed by atoms with Gasteiger partial charge in [-0.1, -0.05) is 135 Å². The molecule has 2 rings (SSSR count). The number of rotatable bonds is 24. The van der Waals surface area contributed by atoms with Crippen LogP contribution in [0, 0.1) is 10.8 Å². The third-order valence-corrected chi connectivity index (χ3v) is 11.6. The first-order valence-corrected chi connectivity index (χ1v) is 22.8. The van der Waals surface area contributed by atoms with Crippen molar-refractivity contribution in [3.8, 4) is 0 Å². The maximum Gasteiger partial charge on any atom is 0.307 e. The van der Waals surface area contributed by atoms with E-state index in [1.807, 2.05) is 140 Å². The molecule has 0 amide bonds. The zero-order valence-corrected chi connectivity index (χ0v) is 41.2. The summed E-state index contributed by atoms with van der Waals surface area (Å²) >= 11 is 0. The lowest BCUT2D eigenvalue weighted by Gasteiger charge is -2.36. The largest absolute Gasteiger partial charge is 0.463 e. The molecule has 2 aliphatic carbocycles. The fraction of sp³-hybridized carbons (Fsp3) is 0.481. The third-order valence-electron chi connectivity index (χ3n) is 11.6. The monoisotopic (exact) mass is 944 g/mol. The first-order chi connectivity index (χ1) is 31.8. The highest BCUT2D eigenvalue weighted by atomic mass is 16.6. The van der Waals surface area contributed by atoms with Crippen molar-refractivity contribution in [1.82, 2.24) is 0 Å². The average Bonchev–Trinajstić information content (AvgIpc) is 3.27. The van der Waals surface area contributed by atoms with Crippen LogP contribution in [0.25, 0.3) is 0 Å². The standard InChI is InChI=1S/C54H72O14/c1-34(18-13-20-36(3)23-25-40-38(5)49(62)44(30-53(40,7)8)67-47(60)22-15-29-55)16-11-12-17-35(2)19-14-21-37(4)24-26-41-39(6)50(63)45(31-54(41,9)10)68-48(61)28-27-46(59)66-33-43(58)52(65)51(64)42(57)32-56/h11-14,16-21,23-26,29,42-45,51-52,56-58,64-65H,15,22,27-28,30-33H2,1-10H3/b12-11+,18-13+,19-14+,25-23+,26-24+,34-16+,35-17+,36-20+,37-21+. The van der Waals surface area contributed by atoms with Crippen LogP contribution in [0.3, 0.4) is 0 Å². The number of aldehydes is 1. The van der Waals surface area contributed by atoms with Crippen molar-refractivity contribution in [3.63, 3.8) is 0 Å². The molecular formula is C54H72O14. The average molecular weight is 945 g/mol. The predicted molar refractivity (Wildman–Crippen MR) is 259 cm³/mol. The highest BCUT2D eigenvalue weighted by Gasteiger charge is 2.41. The van der Waals surface area contributed by atoms with Crippen LogP contribution in [0.5, 0.6) is 0 Å². The lowest BCUT2D eigenvalue weighted by molar-refractivity contribution is -0.161. The van der Waals surface area contributed by atoms with Crippen molar-refractivity contribution in [2.75, 3.05) is 13.2 Å². The van der Waals surface area contributed by atoms with Gasteiger partial charge in [0.15, 0.2) is 23.8 Å². The maximum absolute atomic E-state index is 13.3. The van der Waals surface area contributed by atoms with Gasteiger partial charge in [0.25, 0.3) is 0 Å². The molecule has 2 aliphatic rings. The number of Topliss-reactive ketones (excluding diaryl/α,β-unsaturated/α-hetero) is 2. The molecule has 0 spiro atoms. The fourth-order valence-electron chi connectivity index (χ4n) is 7.49. The summed E-state index contributed by atoms with van der Waals surface area (Å²) in [7, 11) is 0. The fourth-order valence-corrected chi connectivity index (χ4v) is 7.49. The molecule has 0 heterocycles. The molecule has 14 heteroatoms. The number of allylic oxidation sites excluding steroid dienone is 20. The Kier molecular flexibility index (Phi) is 24.1. The van der Waals surface area contributed by atoms with Gasteiger partial charge in [-0.2, -0.15) is 0 Å². The third kappa shape index (κ3) is 19.2. The van der Waals surface area contributed by atoms with Crippen molar-refractivity contribution in [3.05, 3.63) is 130 Å². The van der Waals surface area contributed by atoms with E-state index in [0.717, 1.165) is 33.4 Å². The first-order valence-electron chi connectivity index (χ1n) is 22.8. The number of carbonyl (C=O) groups is 6. The van der Waals surface area contributed by atoms with Crippen LogP contribution in [0.2, 0.25) is 0 Å². The molecule has 0 radical (unpaired) electrons. The molecule has 0 saturated heterocycles. The van der Waals surface area contributed by atoms with Crippen LogP contribution in [0.1, 0.15) is 108 Å². The van der Waals surface area contributed by atoms with Gasteiger partial charge in [-0.25, -0.2) is 0 Å². The topological polar surface area (TPSA) is 231 Å². The number of aliphatic hydroxyl groups excluding tert-OH is 5. The van der Waals surface area contributed by atoms with Gasteiger partial charge in [-0.05, 0) is 74.7 Å². The molecule has 14 nitrogen and oxygen atoms in total. The molecule has 0 bridgehead atoms. The second-order valence-corrected chi connectivity index (χ2v) is 18.5. The SMILES string of the molecule is CC1=C(/C=C/C(C)=C/C=C/C(C)=C/C=C/C=C(C)/C=C/C=C(C)/C=C/C2=C(C)C(=O)C(OC(=O)CCC(=O)OCC(O)C(O)C(O)C(O)CO)CC2(C)C)C(C)(C)CC(OC(=O)CCC=O)C1=O. The highest BCUT2D eigenvalue weighted by molar-refractivity contribution is 6.02. The van der Waals surface area contributed by atoms with Crippen LogP contribution in [-0.2, 0) is 43.0 Å². The van der Waals surface area contributed by atoms with Gasteiger partial charge >= 0.3 is 17.9 Å². The Balaban J connectivity index is 1.93. The summed E-state index contributed by atoms with van der Waals surface area (Å²) in [4.78, 5) is 73.7. The van der Waals surface area contributed by atoms with Crippen LogP contribution < -0.4 is 0 Å². The van der Waals surface area contributed by atoms with E-state index in [1.165, 1.54) is 0 Å². The van der Waals surface area contributed by atoms with E-state index in [2.05, 4.69) is 0 Å². The number of ether oxygens (including phenoxy) is 3. The summed E-state index contributed by atoms with van der Waals surface area (Å²) in [6.07, 6.45) is 18.8. The normalized spacial score (nSPS) is 21.6. The molecule has 0 aromatic carbocycles. The number of hydrogen-bond donors (Lipinski definition) is 5. The van der Waals surface area contributed by atoms with E-state index < -0.39 is 91.4 Å². The Morgan fingerprint density at radius 2 is 0.985 bits per heavy atom. The van der Waals surface area contributed by atoms with E-state index >= 15 is 0 Å². The minimum atomic E-state index is -1.90. The Labute approximate surface area is 401 Å². The van der Waals surface area contributed by atoms with Crippen LogP contribution in [-0.4, -0.2) is 111 Å². The molecule has 0 aromatic heterocycles. The van der Waals surface area contributed by atoms with Gasteiger partial charge in [0.05, 0.1) is 25.9 Å². The van der Waals surface area contributed by atoms with Gasteiger partial charge in [0, 0.05) is 19.3 Å². The number of esters is 3. The Hall–Kier alpha value is -5.64. The van der Waals surface area contributed by atoms with E-state index in [4.69, 9.17) is 19.3 Å². The van der Waals surface area contributed by atoms with E-state index in [0.29, 0.717) is 23.9 Å². The maximum atomic E-state index is 13.3. The molecule has 6 atom stereocenters. The van der Waals surface area contributed by atoms with Crippen molar-refractivity contribution in [1.29, 1.82) is 0 Å². The number of hydrogen-bond acceptors (Lipinski definition) is 14. The predicted octanol–water partition coefficient (Wildman–Crippen LogP) is 6.75. The van der Waals surface area contributed by atoms with Gasteiger partial charge in [-0.3, -0.25) is 24.0 Å². The second kappa shape index (κ2) is 28.0. The molecule has 0 saturated carbocycles. The second-order valence-electron chi connectivity index (χ2n) is 18.5. The van der Waals surface area contributed by atoms with Crippen molar-refractivity contribution in [2.24, 2.45) is 10.8 Å². The molecule has 0 fully saturated rings. The summed E-state index contributed by atoms with van der Waals surface area (Å²) in [5.74, 6) is -2.79. The minimum Gasteiger partial charge on any atom is -0.463 e. The van der Waals surface area contributed by atoms with E-state index in [-0.39, 0.29) is 30.8 Å². The van der Waals surface area contributed by atoms with Crippen molar-refractivity contribution >= 4 is 35.8 Å². The molecule has 68 heavy (non-hydrogen) atoms. The molecule has 5 N–H and O–H groups in total. The summed E-state index contributed by atoms with van der Waals surface area (Å²) in [5.41, 5.74) is 5.83. The molecule has 372 valence electrons. The summed E-state index contributed by atoms with van der Waals surface area (Å²) in [6, 6.07) is 0. The minimum absolute atomic E-state index is 0.0402. The van der Waals surface area contributed by atoms with E-state index in [1.54, 1.807) is 13.8 Å². The van der Waals surface area contributed by atoms with E-state index in [9.17, 15) is 49.2 Å². The Morgan fingerprint density at radius 1 is 0.603 bits per heavy atom. The van der Waals surface area contributed by atoms with Gasteiger partial charge in [0.1, 0.15) is 37.3 Å². The lowest BCUT2D eigenvalue weighted by Crippen LogP contribution is -2.47. The summed E-state index contributed by atoms with van der Waals surface area (Å²) in [6.45, 7) is 17.7. The molecule has 0 aromatic rings. The van der Waals surface area contributed by atoms with Crippen molar-refractivity contribution in [2.45, 2.75) is 144 Å². The summed E-state index contributed by atoms with van der Waals surface area (Å²) in [5, 5.41) is 47.7. The van der Waals surface area contributed by atoms with Gasteiger partial charge in [-0.15, -0.1) is 0 Å². The smallest absolute Gasteiger partial charge is 0.307 e. The Morgan fingerprint density at radius 3 is 1.41 bits per heavy atom. The van der Waals surface area contributed by atoms with Crippen molar-refractivity contribution < 1.29 is 68.5 Å². The summed E-state index contributed by atoms with van der Waals surface area (Å²) < 4.78 is 15.7. The highest BCUT2D eigenvalue weighted by Crippen LogP contribution is 2.42. The quantitative estimate of drug-likeness (QED) is 0.0292.